The highest BCUT2D eigenvalue weighted by atomic mass is 16.3. The Labute approximate surface area is 102 Å². The molecule has 0 aliphatic rings. The van der Waals surface area contributed by atoms with Crippen LogP contribution in [0.25, 0.3) is 0 Å². The van der Waals surface area contributed by atoms with E-state index in [1.54, 1.807) is 0 Å². The topological polar surface area (TPSA) is 61.4 Å². The van der Waals surface area contributed by atoms with Gasteiger partial charge in [-0.3, -0.25) is 10.1 Å². The van der Waals surface area contributed by atoms with Crippen LogP contribution in [0.2, 0.25) is 0 Å². The molecule has 1 atom stereocenters. The van der Waals surface area contributed by atoms with E-state index < -0.39 is 0 Å². The standard InChI is InChI=1S/C13H20N2O2/c1-2-8-14-13(17)9-15-12(10-16)11-6-4-3-5-7-11/h3-7,12,15-16H,2,8-10H2,1H3,(H,14,17). The molecular weight excluding hydrogens is 216 g/mol. The summed E-state index contributed by atoms with van der Waals surface area (Å²) in [7, 11) is 0. The lowest BCUT2D eigenvalue weighted by Crippen LogP contribution is -2.37. The highest BCUT2D eigenvalue weighted by Crippen LogP contribution is 2.10. The number of carbonyl (C=O) groups is 1. The molecule has 1 unspecified atom stereocenters. The van der Waals surface area contributed by atoms with Crippen molar-refractivity contribution in [2.45, 2.75) is 19.4 Å². The molecule has 94 valence electrons. The number of rotatable bonds is 7. The summed E-state index contributed by atoms with van der Waals surface area (Å²) >= 11 is 0. The van der Waals surface area contributed by atoms with E-state index in [1.807, 2.05) is 37.3 Å². The van der Waals surface area contributed by atoms with Gasteiger partial charge in [0, 0.05) is 6.54 Å². The maximum atomic E-state index is 11.4. The summed E-state index contributed by atoms with van der Waals surface area (Å²) in [6.45, 7) is 2.90. The van der Waals surface area contributed by atoms with Gasteiger partial charge in [-0.2, -0.15) is 0 Å². The number of carbonyl (C=O) groups excluding carboxylic acids is 1. The van der Waals surface area contributed by atoms with Crippen LogP contribution >= 0.6 is 0 Å². The monoisotopic (exact) mass is 236 g/mol. The molecule has 0 fully saturated rings. The maximum absolute atomic E-state index is 11.4. The number of nitrogens with one attached hydrogen (secondary N) is 2. The average molecular weight is 236 g/mol. The summed E-state index contributed by atoms with van der Waals surface area (Å²) in [5.41, 5.74) is 0.985. The van der Waals surface area contributed by atoms with E-state index in [0.29, 0.717) is 6.54 Å². The largest absolute Gasteiger partial charge is 0.394 e. The lowest BCUT2D eigenvalue weighted by Gasteiger charge is -2.16. The fraction of sp³-hybridized carbons (Fsp3) is 0.462. The molecule has 0 heterocycles. The zero-order valence-corrected chi connectivity index (χ0v) is 10.1. The van der Waals surface area contributed by atoms with Crippen LogP contribution in [0.5, 0.6) is 0 Å². The number of aliphatic hydroxyl groups excluding tert-OH is 1. The van der Waals surface area contributed by atoms with Gasteiger partial charge in [0.15, 0.2) is 0 Å². The van der Waals surface area contributed by atoms with E-state index in [2.05, 4.69) is 10.6 Å². The first-order chi connectivity index (χ1) is 8.27. The van der Waals surface area contributed by atoms with Gasteiger partial charge in [0.25, 0.3) is 0 Å². The third-order valence-corrected chi connectivity index (χ3v) is 2.47. The smallest absolute Gasteiger partial charge is 0.233 e. The molecule has 0 aliphatic carbocycles. The normalized spacial score (nSPS) is 12.1. The average Bonchev–Trinajstić information content (AvgIpc) is 2.38. The SMILES string of the molecule is CCCNC(=O)CNC(CO)c1ccccc1. The van der Waals surface area contributed by atoms with E-state index in [-0.39, 0.29) is 25.1 Å². The van der Waals surface area contributed by atoms with E-state index in [9.17, 15) is 9.90 Å². The van der Waals surface area contributed by atoms with E-state index >= 15 is 0 Å². The molecule has 0 spiro atoms. The van der Waals surface area contributed by atoms with Gasteiger partial charge in [0.2, 0.25) is 5.91 Å². The Bertz CT molecular complexity index is 327. The second-order valence-corrected chi connectivity index (χ2v) is 3.88. The number of benzene rings is 1. The quantitative estimate of drug-likeness (QED) is 0.657. The lowest BCUT2D eigenvalue weighted by molar-refractivity contribution is -0.120. The van der Waals surface area contributed by atoms with Gasteiger partial charge in [-0.25, -0.2) is 0 Å². The molecule has 1 rings (SSSR count). The number of aliphatic hydroxyl groups is 1. The van der Waals surface area contributed by atoms with Crippen molar-refractivity contribution in [2.75, 3.05) is 19.7 Å². The minimum atomic E-state index is -0.191. The van der Waals surface area contributed by atoms with Crippen molar-refractivity contribution in [3.05, 3.63) is 35.9 Å². The van der Waals surface area contributed by atoms with Crippen LogP contribution in [0.4, 0.5) is 0 Å². The molecule has 0 saturated carbocycles. The Balaban J connectivity index is 2.40. The Morgan fingerprint density at radius 1 is 1.35 bits per heavy atom. The predicted octanol–water partition coefficient (Wildman–Crippen LogP) is 0.836. The van der Waals surface area contributed by atoms with Crippen LogP contribution < -0.4 is 10.6 Å². The van der Waals surface area contributed by atoms with E-state index in [1.165, 1.54) is 0 Å². The van der Waals surface area contributed by atoms with Crippen LogP contribution in [0, 0.1) is 0 Å². The highest BCUT2D eigenvalue weighted by Gasteiger charge is 2.10. The second kappa shape index (κ2) is 7.81. The third kappa shape index (κ3) is 4.97. The Hall–Kier alpha value is -1.39. The van der Waals surface area contributed by atoms with Crippen LogP contribution in [0.3, 0.4) is 0 Å². The number of amides is 1. The van der Waals surface area contributed by atoms with Gasteiger partial charge in [0.05, 0.1) is 19.2 Å². The molecule has 1 amide bonds. The predicted molar refractivity (Wildman–Crippen MR) is 67.6 cm³/mol. The molecule has 4 nitrogen and oxygen atoms in total. The van der Waals surface area contributed by atoms with Crippen molar-refractivity contribution in [1.82, 2.24) is 10.6 Å². The molecule has 0 aliphatic heterocycles. The van der Waals surface area contributed by atoms with Crippen molar-refractivity contribution in [3.8, 4) is 0 Å². The van der Waals surface area contributed by atoms with E-state index in [0.717, 1.165) is 12.0 Å². The lowest BCUT2D eigenvalue weighted by atomic mass is 10.1. The summed E-state index contributed by atoms with van der Waals surface area (Å²) in [5.74, 6) is -0.0405. The number of hydrogen-bond acceptors (Lipinski definition) is 3. The van der Waals surface area contributed by atoms with Gasteiger partial charge in [-0.1, -0.05) is 37.3 Å². The highest BCUT2D eigenvalue weighted by molar-refractivity contribution is 5.77. The molecule has 4 heteroatoms. The van der Waals surface area contributed by atoms with Crippen LogP contribution in [0.1, 0.15) is 24.9 Å². The third-order valence-electron chi connectivity index (χ3n) is 2.47. The van der Waals surface area contributed by atoms with Crippen LogP contribution in [-0.2, 0) is 4.79 Å². The Morgan fingerprint density at radius 3 is 2.65 bits per heavy atom. The summed E-state index contributed by atoms with van der Waals surface area (Å²) in [6, 6.07) is 9.42. The van der Waals surface area contributed by atoms with Gasteiger partial charge < -0.3 is 10.4 Å². The summed E-state index contributed by atoms with van der Waals surface area (Å²) in [5, 5.41) is 15.1. The van der Waals surface area contributed by atoms with Gasteiger partial charge >= 0.3 is 0 Å². The summed E-state index contributed by atoms with van der Waals surface area (Å²) in [6.07, 6.45) is 0.924. The molecule has 0 radical (unpaired) electrons. The molecule has 0 aromatic heterocycles. The zero-order chi connectivity index (χ0) is 12.5. The molecule has 17 heavy (non-hydrogen) atoms. The van der Waals surface area contributed by atoms with Crippen molar-refractivity contribution in [2.24, 2.45) is 0 Å². The van der Waals surface area contributed by atoms with Gasteiger partial charge in [-0.05, 0) is 12.0 Å². The molecular formula is C13H20N2O2. The Morgan fingerprint density at radius 2 is 2.06 bits per heavy atom. The first-order valence-electron chi connectivity index (χ1n) is 5.93. The molecule has 3 N–H and O–H groups in total. The maximum Gasteiger partial charge on any atom is 0.233 e. The number of hydrogen-bond donors (Lipinski definition) is 3. The fourth-order valence-corrected chi connectivity index (χ4v) is 1.52. The Kier molecular flexibility index (Phi) is 6.29. The fourth-order valence-electron chi connectivity index (χ4n) is 1.52. The van der Waals surface area contributed by atoms with Crippen LogP contribution in [-0.4, -0.2) is 30.7 Å². The van der Waals surface area contributed by atoms with Crippen LogP contribution in [0.15, 0.2) is 30.3 Å². The second-order valence-electron chi connectivity index (χ2n) is 3.88. The van der Waals surface area contributed by atoms with Gasteiger partial charge in [0.1, 0.15) is 0 Å². The van der Waals surface area contributed by atoms with Crippen molar-refractivity contribution < 1.29 is 9.90 Å². The minimum absolute atomic E-state index is 0.0227. The first-order valence-corrected chi connectivity index (χ1v) is 5.93. The van der Waals surface area contributed by atoms with Crippen molar-refractivity contribution in [3.63, 3.8) is 0 Å². The first kappa shape index (κ1) is 13.7. The van der Waals surface area contributed by atoms with Gasteiger partial charge in [-0.15, -0.1) is 0 Å². The molecule has 1 aromatic rings. The molecule has 0 saturated heterocycles. The van der Waals surface area contributed by atoms with E-state index in [4.69, 9.17) is 0 Å². The minimum Gasteiger partial charge on any atom is -0.394 e. The van der Waals surface area contributed by atoms with Crippen molar-refractivity contribution in [1.29, 1.82) is 0 Å². The van der Waals surface area contributed by atoms with Crippen molar-refractivity contribution >= 4 is 5.91 Å². The summed E-state index contributed by atoms with van der Waals surface area (Å²) in [4.78, 5) is 11.4. The zero-order valence-electron chi connectivity index (χ0n) is 10.1. The summed E-state index contributed by atoms with van der Waals surface area (Å²) < 4.78 is 0. The molecule has 0 bridgehead atoms. The molecule has 1 aromatic carbocycles.